The second kappa shape index (κ2) is 7.39. The predicted molar refractivity (Wildman–Crippen MR) is 79.1 cm³/mol. The number of hydrogen-bond acceptors (Lipinski definition) is 6. The molecule has 0 bridgehead atoms. The minimum atomic E-state index is -0.0489. The van der Waals surface area contributed by atoms with Crippen molar-refractivity contribution in [2.75, 3.05) is 18.8 Å². The summed E-state index contributed by atoms with van der Waals surface area (Å²) >= 11 is 0. The molecular weight excluding hydrogens is 270 g/mol. The van der Waals surface area contributed by atoms with Crippen molar-refractivity contribution in [3.05, 3.63) is 30.2 Å². The van der Waals surface area contributed by atoms with Crippen molar-refractivity contribution in [2.24, 2.45) is 5.73 Å². The van der Waals surface area contributed by atoms with Gasteiger partial charge in [0, 0.05) is 30.6 Å². The highest BCUT2D eigenvalue weighted by Gasteiger charge is 2.10. The number of nitrogens with two attached hydrogens (primary N) is 2. The highest BCUT2D eigenvalue weighted by Crippen LogP contribution is 2.18. The number of carbonyl (C=O) groups excluding carboxylic acids is 1. The Hall–Kier alpha value is -2.41. The second-order valence-corrected chi connectivity index (χ2v) is 4.63. The summed E-state index contributed by atoms with van der Waals surface area (Å²) in [5, 5.41) is 6.67. The number of carbonyl (C=O) groups is 1. The molecule has 0 aliphatic heterocycles. The third-order valence-electron chi connectivity index (χ3n) is 2.88. The molecule has 0 spiro atoms. The topological polar surface area (TPSA) is 120 Å². The van der Waals surface area contributed by atoms with Crippen LogP contribution in [0.2, 0.25) is 0 Å². The van der Waals surface area contributed by atoms with Gasteiger partial charge in [0.15, 0.2) is 0 Å². The van der Waals surface area contributed by atoms with Crippen LogP contribution in [0.15, 0.2) is 28.8 Å². The van der Waals surface area contributed by atoms with Crippen LogP contribution in [0.5, 0.6) is 0 Å². The van der Waals surface area contributed by atoms with Crippen molar-refractivity contribution in [1.29, 1.82) is 0 Å². The fraction of sp³-hybridized carbons (Fsp3) is 0.357. The summed E-state index contributed by atoms with van der Waals surface area (Å²) in [5.41, 5.74) is 12.5. The van der Waals surface area contributed by atoms with Crippen LogP contribution in [-0.4, -0.2) is 29.1 Å². The van der Waals surface area contributed by atoms with Gasteiger partial charge < -0.3 is 21.3 Å². The van der Waals surface area contributed by atoms with Gasteiger partial charge in [-0.05, 0) is 25.1 Å². The molecule has 0 saturated carbocycles. The van der Waals surface area contributed by atoms with Gasteiger partial charge in [-0.3, -0.25) is 4.79 Å². The van der Waals surface area contributed by atoms with Crippen LogP contribution in [0.1, 0.15) is 18.7 Å². The Balaban J connectivity index is 1.87. The zero-order chi connectivity index (χ0) is 15.1. The monoisotopic (exact) mass is 289 g/mol. The van der Waals surface area contributed by atoms with Crippen LogP contribution in [0.25, 0.3) is 11.4 Å². The number of aromatic nitrogens is 2. The van der Waals surface area contributed by atoms with Crippen LogP contribution < -0.4 is 16.8 Å². The fourth-order valence-corrected chi connectivity index (χ4v) is 1.79. The number of hydrogen-bond donors (Lipinski definition) is 3. The zero-order valence-corrected chi connectivity index (χ0v) is 11.7. The Morgan fingerprint density at radius 3 is 3.00 bits per heavy atom. The molecule has 1 aromatic carbocycles. The molecule has 0 fully saturated rings. The SMILES string of the molecule is NCCCNC(=O)CCc1nc(-c2cccc(N)c2)no1. The third-order valence-corrected chi connectivity index (χ3v) is 2.88. The molecule has 0 atom stereocenters. The van der Waals surface area contributed by atoms with Crippen LogP contribution >= 0.6 is 0 Å². The third kappa shape index (κ3) is 4.57. The van der Waals surface area contributed by atoms with Crippen LogP contribution in [0.3, 0.4) is 0 Å². The molecule has 2 rings (SSSR count). The normalized spacial score (nSPS) is 10.5. The number of amides is 1. The van der Waals surface area contributed by atoms with E-state index in [-0.39, 0.29) is 5.91 Å². The first-order valence-electron chi connectivity index (χ1n) is 6.84. The summed E-state index contributed by atoms with van der Waals surface area (Å²) in [4.78, 5) is 15.8. The van der Waals surface area contributed by atoms with Crippen molar-refractivity contribution < 1.29 is 9.32 Å². The molecule has 1 heterocycles. The highest BCUT2D eigenvalue weighted by atomic mass is 16.5. The van der Waals surface area contributed by atoms with Crippen molar-refractivity contribution in [2.45, 2.75) is 19.3 Å². The van der Waals surface area contributed by atoms with Gasteiger partial charge in [-0.2, -0.15) is 4.98 Å². The average molecular weight is 289 g/mol. The molecule has 0 unspecified atom stereocenters. The number of nitrogens with zero attached hydrogens (tertiary/aromatic N) is 2. The standard InChI is InChI=1S/C14H19N5O2/c15-7-2-8-17-12(20)5-6-13-18-14(19-21-13)10-3-1-4-11(16)9-10/h1,3-4,9H,2,5-8,15-16H2,(H,17,20). The Labute approximate surface area is 122 Å². The summed E-state index contributed by atoms with van der Waals surface area (Å²) in [6, 6.07) is 7.24. The van der Waals surface area contributed by atoms with Crippen LogP contribution in [-0.2, 0) is 11.2 Å². The lowest BCUT2D eigenvalue weighted by molar-refractivity contribution is -0.121. The Kier molecular flexibility index (Phi) is 5.28. The average Bonchev–Trinajstić information content (AvgIpc) is 2.94. The van der Waals surface area contributed by atoms with E-state index in [9.17, 15) is 4.79 Å². The van der Waals surface area contributed by atoms with E-state index in [0.29, 0.717) is 43.3 Å². The van der Waals surface area contributed by atoms with Crippen LogP contribution in [0.4, 0.5) is 5.69 Å². The van der Waals surface area contributed by atoms with Gasteiger partial charge in [0.2, 0.25) is 17.6 Å². The van der Waals surface area contributed by atoms with Crippen molar-refractivity contribution in [3.8, 4) is 11.4 Å². The molecular formula is C14H19N5O2. The molecule has 2 aromatic rings. The molecule has 0 radical (unpaired) electrons. The first kappa shape index (κ1) is 15.0. The highest BCUT2D eigenvalue weighted by molar-refractivity contribution is 5.76. The maximum Gasteiger partial charge on any atom is 0.227 e. The lowest BCUT2D eigenvalue weighted by Gasteiger charge is -2.01. The Bertz CT molecular complexity index is 597. The van der Waals surface area contributed by atoms with Crippen molar-refractivity contribution >= 4 is 11.6 Å². The lowest BCUT2D eigenvalue weighted by atomic mass is 10.2. The van der Waals surface area contributed by atoms with E-state index in [2.05, 4.69) is 15.5 Å². The van der Waals surface area contributed by atoms with E-state index < -0.39 is 0 Å². The van der Waals surface area contributed by atoms with Crippen molar-refractivity contribution in [3.63, 3.8) is 0 Å². The van der Waals surface area contributed by atoms with E-state index in [4.69, 9.17) is 16.0 Å². The van der Waals surface area contributed by atoms with Gasteiger partial charge in [0.25, 0.3) is 0 Å². The summed E-state index contributed by atoms with van der Waals surface area (Å²) < 4.78 is 5.13. The lowest BCUT2D eigenvalue weighted by Crippen LogP contribution is -2.26. The van der Waals surface area contributed by atoms with Gasteiger partial charge in [-0.1, -0.05) is 17.3 Å². The van der Waals surface area contributed by atoms with Gasteiger partial charge >= 0.3 is 0 Å². The van der Waals surface area contributed by atoms with Crippen LogP contribution in [0, 0.1) is 0 Å². The van der Waals surface area contributed by atoms with E-state index >= 15 is 0 Å². The first-order chi connectivity index (χ1) is 10.2. The number of aryl methyl sites for hydroxylation is 1. The smallest absolute Gasteiger partial charge is 0.227 e. The molecule has 0 aliphatic rings. The van der Waals surface area contributed by atoms with E-state index in [0.717, 1.165) is 12.0 Å². The van der Waals surface area contributed by atoms with Crippen molar-refractivity contribution in [1.82, 2.24) is 15.5 Å². The maximum absolute atomic E-state index is 11.6. The molecule has 21 heavy (non-hydrogen) atoms. The Morgan fingerprint density at radius 1 is 1.38 bits per heavy atom. The minimum Gasteiger partial charge on any atom is -0.399 e. The van der Waals surface area contributed by atoms with Gasteiger partial charge in [0.05, 0.1) is 0 Å². The fourth-order valence-electron chi connectivity index (χ4n) is 1.79. The molecule has 5 N–H and O–H groups in total. The number of benzene rings is 1. The largest absolute Gasteiger partial charge is 0.399 e. The first-order valence-corrected chi connectivity index (χ1v) is 6.84. The molecule has 0 aliphatic carbocycles. The van der Waals surface area contributed by atoms with E-state index in [1.54, 1.807) is 12.1 Å². The summed E-state index contributed by atoms with van der Waals surface area (Å²) in [6.07, 6.45) is 1.48. The maximum atomic E-state index is 11.6. The number of nitrogens with one attached hydrogen (secondary N) is 1. The molecule has 112 valence electrons. The number of anilines is 1. The second-order valence-electron chi connectivity index (χ2n) is 4.63. The summed E-state index contributed by atoms with van der Waals surface area (Å²) in [6.45, 7) is 1.15. The van der Waals surface area contributed by atoms with Gasteiger partial charge in [0.1, 0.15) is 0 Å². The summed E-state index contributed by atoms with van der Waals surface area (Å²) in [7, 11) is 0. The molecule has 0 saturated heterocycles. The van der Waals surface area contributed by atoms with Gasteiger partial charge in [-0.25, -0.2) is 0 Å². The Morgan fingerprint density at radius 2 is 2.24 bits per heavy atom. The van der Waals surface area contributed by atoms with E-state index in [1.807, 2.05) is 12.1 Å². The van der Waals surface area contributed by atoms with E-state index in [1.165, 1.54) is 0 Å². The van der Waals surface area contributed by atoms with Gasteiger partial charge in [-0.15, -0.1) is 0 Å². The summed E-state index contributed by atoms with van der Waals surface area (Å²) in [5.74, 6) is 0.856. The molecule has 1 aromatic heterocycles. The predicted octanol–water partition coefficient (Wildman–Crippen LogP) is 0.716. The molecule has 1 amide bonds. The quantitative estimate of drug-likeness (QED) is 0.510. The molecule has 7 nitrogen and oxygen atoms in total. The molecule has 7 heteroatoms. The number of rotatable bonds is 7. The zero-order valence-electron chi connectivity index (χ0n) is 11.7. The minimum absolute atomic E-state index is 0.0489. The number of nitrogen functional groups attached to an aromatic ring is 1.